The Kier molecular flexibility index (Phi) is 5.54. The van der Waals surface area contributed by atoms with Crippen molar-refractivity contribution < 1.29 is 9.59 Å². The van der Waals surface area contributed by atoms with E-state index in [4.69, 9.17) is 11.6 Å². The smallest absolute Gasteiger partial charge is 0.251 e. The lowest BCUT2D eigenvalue weighted by molar-refractivity contribution is -0.134. The Morgan fingerprint density at radius 3 is 2.39 bits per heavy atom. The molecule has 2 aromatic carbocycles. The Bertz CT molecular complexity index is 1210. The average molecular weight is 435 g/mol. The second-order valence-corrected chi connectivity index (χ2v) is 8.64. The predicted molar refractivity (Wildman–Crippen MR) is 121 cm³/mol. The number of carbonyl (C=O) groups excluding carboxylic acids is 2. The van der Waals surface area contributed by atoms with Gasteiger partial charge < -0.3 is 4.57 Å². The van der Waals surface area contributed by atoms with Crippen LogP contribution in [0.15, 0.2) is 71.7 Å². The number of benzene rings is 2. The molecule has 0 radical (unpaired) electrons. The fraction of sp³-hybridized carbons (Fsp3) is 0.240. The number of halogens is 1. The maximum Gasteiger partial charge on any atom is 0.251 e. The summed E-state index contributed by atoms with van der Waals surface area (Å²) in [6, 6.07) is 18.7. The van der Waals surface area contributed by atoms with E-state index >= 15 is 0 Å². The molecule has 2 amide bonds. The number of piperidine rings is 1. The van der Waals surface area contributed by atoms with Gasteiger partial charge in [-0.05, 0) is 43.0 Å². The largest absolute Gasteiger partial charge is 0.306 e. The molecule has 0 aliphatic carbocycles. The van der Waals surface area contributed by atoms with Crippen LogP contribution in [0.5, 0.6) is 0 Å². The van der Waals surface area contributed by atoms with Crippen LogP contribution in [0, 0.1) is 0 Å². The fourth-order valence-electron chi connectivity index (χ4n) is 4.12. The monoisotopic (exact) mass is 434 g/mol. The summed E-state index contributed by atoms with van der Waals surface area (Å²) in [6.45, 7) is 4.00. The number of hydrogen-bond donors (Lipinski definition) is 1. The van der Waals surface area contributed by atoms with Crippen LogP contribution in [-0.2, 0) is 15.1 Å². The first-order valence-corrected chi connectivity index (χ1v) is 10.6. The zero-order valence-electron chi connectivity index (χ0n) is 17.4. The zero-order chi connectivity index (χ0) is 22.2. The Morgan fingerprint density at radius 1 is 0.968 bits per heavy atom. The summed E-state index contributed by atoms with van der Waals surface area (Å²) < 4.78 is 1.71. The SMILES string of the molecule is CC(C)(c1ccc(-c2cccc(C3CCC(=O)NC3=O)c2Cl)cc1)n1ccccc1=O. The van der Waals surface area contributed by atoms with Crippen molar-refractivity contribution in [3.63, 3.8) is 0 Å². The number of nitrogens with zero attached hydrogens (tertiary/aromatic N) is 1. The lowest BCUT2D eigenvalue weighted by Crippen LogP contribution is -2.39. The molecule has 1 saturated heterocycles. The first kappa shape index (κ1) is 21.1. The topological polar surface area (TPSA) is 68.2 Å². The number of nitrogens with one attached hydrogen (secondary N) is 1. The van der Waals surface area contributed by atoms with Gasteiger partial charge in [-0.15, -0.1) is 0 Å². The van der Waals surface area contributed by atoms with Crippen molar-refractivity contribution in [1.29, 1.82) is 0 Å². The molecule has 1 aliphatic heterocycles. The van der Waals surface area contributed by atoms with E-state index in [1.54, 1.807) is 22.9 Å². The highest BCUT2D eigenvalue weighted by Gasteiger charge is 2.30. The molecule has 1 aliphatic rings. The summed E-state index contributed by atoms with van der Waals surface area (Å²) in [4.78, 5) is 36.1. The number of imide groups is 1. The van der Waals surface area contributed by atoms with E-state index in [1.165, 1.54) is 0 Å². The third kappa shape index (κ3) is 3.93. The van der Waals surface area contributed by atoms with E-state index in [2.05, 4.69) is 5.32 Å². The van der Waals surface area contributed by atoms with Gasteiger partial charge in [0.2, 0.25) is 11.8 Å². The third-order valence-corrected chi connectivity index (χ3v) is 6.39. The fourth-order valence-corrected chi connectivity index (χ4v) is 4.48. The van der Waals surface area contributed by atoms with Crippen molar-refractivity contribution >= 4 is 23.4 Å². The zero-order valence-corrected chi connectivity index (χ0v) is 18.1. The molecule has 1 atom stereocenters. The van der Waals surface area contributed by atoms with Gasteiger partial charge in [0, 0.05) is 24.2 Å². The van der Waals surface area contributed by atoms with Crippen molar-refractivity contribution in [2.24, 2.45) is 0 Å². The van der Waals surface area contributed by atoms with Crippen LogP contribution in [0.2, 0.25) is 5.02 Å². The molecule has 1 N–H and O–H groups in total. The summed E-state index contributed by atoms with van der Waals surface area (Å²) in [5.74, 6) is -0.988. The minimum Gasteiger partial charge on any atom is -0.306 e. The van der Waals surface area contributed by atoms with Gasteiger partial charge >= 0.3 is 0 Å². The van der Waals surface area contributed by atoms with Crippen molar-refractivity contribution in [2.75, 3.05) is 0 Å². The van der Waals surface area contributed by atoms with Crippen LogP contribution in [0.4, 0.5) is 0 Å². The molecule has 4 rings (SSSR count). The van der Waals surface area contributed by atoms with Crippen LogP contribution < -0.4 is 10.9 Å². The lowest BCUT2D eigenvalue weighted by Gasteiger charge is -2.28. The molecule has 158 valence electrons. The average Bonchev–Trinajstić information content (AvgIpc) is 2.75. The molecule has 0 saturated carbocycles. The first-order chi connectivity index (χ1) is 14.8. The molecule has 1 aromatic heterocycles. The Labute approximate surface area is 185 Å². The Hall–Kier alpha value is -3.18. The molecule has 2 heterocycles. The number of rotatable bonds is 4. The highest BCUT2D eigenvalue weighted by atomic mass is 35.5. The van der Waals surface area contributed by atoms with E-state index < -0.39 is 11.5 Å². The van der Waals surface area contributed by atoms with Crippen LogP contribution in [0.25, 0.3) is 11.1 Å². The normalized spacial score (nSPS) is 16.8. The van der Waals surface area contributed by atoms with E-state index in [0.29, 0.717) is 17.9 Å². The summed E-state index contributed by atoms with van der Waals surface area (Å²) in [6.07, 6.45) is 2.54. The third-order valence-electron chi connectivity index (χ3n) is 5.97. The number of pyridine rings is 1. The van der Waals surface area contributed by atoms with Crippen molar-refractivity contribution in [3.05, 3.63) is 93.4 Å². The standard InChI is InChI=1S/C25H23ClN2O3/c1-25(2,28-15-4-3-8-22(28)30)17-11-9-16(10-12-17)18-6-5-7-19(23(18)26)20-13-14-21(29)27-24(20)31/h3-12,15,20H,13-14H2,1-2H3,(H,27,29,31). The predicted octanol–water partition coefficient (Wildman–Crippen LogP) is 4.47. The van der Waals surface area contributed by atoms with Crippen LogP contribution >= 0.6 is 11.6 Å². The molecular weight excluding hydrogens is 412 g/mol. The molecule has 5 nitrogen and oxygen atoms in total. The van der Waals surface area contributed by atoms with Gasteiger partial charge in [0.25, 0.3) is 5.56 Å². The van der Waals surface area contributed by atoms with Crippen LogP contribution in [-0.4, -0.2) is 16.4 Å². The van der Waals surface area contributed by atoms with Gasteiger partial charge in [-0.1, -0.05) is 60.1 Å². The molecule has 1 fully saturated rings. The molecule has 6 heteroatoms. The van der Waals surface area contributed by atoms with Crippen molar-refractivity contribution in [1.82, 2.24) is 9.88 Å². The highest BCUT2D eigenvalue weighted by molar-refractivity contribution is 6.34. The first-order valence-electron chi connectivity index (χ1n) is 10.2. The molecule has 3 aromatic rings. The second kappa shape index (κ2) is 8.16. The van der Waals surface area contributed by atoms with Gasteiger partial charge in [0.15, 0.2) is 0 Å². The molecule has 0 bridgehead atoms. The van der Waals surface area contributed by atoms with Gasteiger partial charge in [-0.25, -0.2) is 0 Å². The van der Waals surface area contributed by atoms with Gasteiger partial charge in [0.05, 0.1) is 16.5 Å². The summed E-state index contributed by atoms with van der Waals surface area (Å²) in [5.41, 5.74) is 2.88. The molecule has 31 heavy (non-hydrogen) atoms. The summed E-state index contributed by atoms with van der Waals surface area (Å²) in [5, 5.41) is 2.91. The lowest BCUT2D eigenvalue weighted by atomic mass is 9.88. The maximum absolute atomic E-state index is 12.3. The summed E-state index contributed by atoms with van der Waals surface area (Å²) >= 11 is 6.71. The minimum absolute atomic E-state index is 0.0587. The molecular formula is C25H23ClN2O3. The van der Waals surface area contributed by atoms with Gasteiger partial charge in [-0.2, -0.15) is 0 Å². The van der Waals surface area contributed by atoms with Crippen molar-refractivity contribution in [3.8, 4) is 11.1 Å². The highest BCUT2D eigenvalue weighted by Crippen LogP contribution is 2.37. The number of aromatic nitrogens is 1. The van der Waals surface area contributed by atoms with Crippen molar-refractivity contribution in [2.45, 2.75) is 38.1 Å². The van der Waals surface area contributed by atoms with Crippen LogP contribution in [0.3, 0.4) is 0 Å². The Balaban J connectivity index is 1.67. The quantitative estimate of drug-likeness (QED) is 0.616. The molecule has 0 spiro atoms. The van der Waals surface area contributed by atoms with E-state index in [-0.39, 0.29) is 17.4 Å². The van der Waals surface area contributed by atoms with Crippen LogP contribution in [0.1, 0.15) is 43.7 Å². The number of carbonyl (C=O) groups is 2. The van der Waals surface area contributed by atoms with E-state index in [1.807, 2.05) is 62.4 Å². The van der Waals surface area contributed by atoms with E-state index in [0.717, 1.165) is 22.3 Å². The maximum atomic E-state index is 12.3. The van der Waals surface area contributed by atoms with Gasteiger partial charge in [0.1, 0.15) is 0 Å². The Morgan fingerprint density at radius 2 is 1.71 bits per heavy atom. The van der Waals surface area contributed by atoms with Gasteiger partial charge in [-0.3, -0.25) is 19.7 Å². The number of hydrogen-bond acceptors (Lipinski definition) is 3. The van der Waals surface area contributed by atoms with E-state index in [9.17, 15) is 14.4 Å². The molecule has 1 unspecified atom stereocenters. The minimum atomic E-state index is -0.519. The summed E-state index contributed by atoms with van der Waals surface area (Å²) in [7, 11) is 0. The number of amides is 2. The second-order valence-electron chi connectivity index (χ2n) is 8.26.